The molecule has 0 aliphatic rings. The molecule has 0 aromatic rings. The van der Waals surface area contributed by atoms with E-state index in [0.717, 1.165) is 0 Å². The molecule has 0 amide bonds. The number of rotatable bonds is 2. The average Bonchev–Trinajstić information content (AvgIpc) is 1.30. The lowest BCUT2D eigenvalue weighted by Crippen LogP contribution is -2.13. The van der Waals surface area contributed by atoms with Crippen molar-refractivity contribution in [3.8, 4) is 0 Å². The van der Waals surface area contributed by atoms with Crippen molar-refractivity contribution in [3.05, 3.63) is 0 Å². The zero-order chi connectivity index (χ0) is 5.91. The van der Waals surface area contributed by atoms with E-state index in [4.69, 9.17) is 10.3 Å². The van der Waals surface area contributed by atoms with Gasteiger partial charge in [0, 0.05) is 6.54 Å². The van der Waals surface area contributed by atoms with Gasteiger partial charge >= 0.3 is 0 Å². The fourth-order valence-electron chi connectivity index (χ4n) is 0.149. The fourth-order valence-corrected chi connectivity index (χ4v) is 0.447. The van der Waals surface area contributed by atoms with Crippen molar-refractivity contribution >= 4 is 18.5 Å². The molecule has 0 aromatic heterocycles. The first-order chi connectivity index (χ1) is 3.06. The van der Waals surface area contributed by atoms with Crippen LogP contribution in [0.4, 0.5) is 0 Å². The summed E-state index contributed by atoms with van der Waals surface area (Å²) in [6, 6.07) is 0. The molecule has 9 N–H and O–H groups in total. The minimum absolute atomic E-state index is 0. The highest BCUT2D eigenvalue weighted by molar-refractivity contribution is 7.85. The minimum atomic E-state index is -3.80. The lowest BCUT2D eigenvalue weighted by molar-refractivity contribution is 0.483. The van der Waals surface area contributed by atoms with Crippen molar-refractivity contribution < 1.29 is 29.4 Å². The average molecular weight is 193 g/mol. The summed E-state index contributed by atoms with van der Waals surface area (Å²) < 4.78 is 27.3. The lowest BCUT2D eigenvalue weighted by atomic mass is 10.8. The Kier molecular flexibility index (Phi) is 35.0. The molecule has 0 rings (SSSR count). The predicted molar refractivity (Wildman–Crippen MR) is 46.3 cm³/mol. The Hall–Kier alpha value is -0.185. The molecule has 0 bridgehead atoms. The van der Waals surface area contributed by atoms with E-state index < -0.39 is 10.1 Å². The molecule has 0 aliphatic heterocycles. The van der Waals surface area contributed by atoms with Gasteiger partial charge in [-0.25, -0.2) is 0 Å². The molecule has 0 saturated carbocycles. The van der Waals surface area contributed by atoms with Gasteiger partial charge in [-0.05, 0) is 0 Å². The summed E-state index contributed by atoms with van der Waals surface area (Å²) in [5.41, 5.74) is 4.78. The van der Waals surface area contributed by atoms with Gasteiger partial charge in [-0.15, -0.1) is 0 Å². The number of hydrogen-bond donors (Lipinski definition) is 2. The Labute approximate surface area is 66.8 Å². The third kappa shape index (κ3) is 41.2. The molecule has 0 unspecified atom stereocenters. The number of hydrogen-bond acceptors (Lipinski definition) is 3. The van der Waals surface area contributed by atoms with Crippen LogP contribution < -0.4 is 5.73 Å². The lowest BCUT2D eigenvalue weighted by Gasteiger charge is -1.86. The van der Waals surface area contributed by atoms with E-state index in [1.807, 2.05) is 0 Å². The van der Waals surface area contributed by atoms with E-state index in [0.29, 0.717) is 0 Å². The molecule has 0 heterocycles. The third-order valence-corrected chi connectivity index (χ3v) is 1.13. The first kappa shape index (κ1) is 30.8. The largest absolute Gasteiger partial charge is 0.412 e. The van der Waals surface area contributed by atoms with Crippen molar-refractivity contribution in [2.75, 3.05) is 12.3 Å². The maximum Gasteiger partial charge on any atom is 0.266 e. The van der Waals surface area contributed by atoms with Gasteiger partial charge in [0.15, 0.2) is 0 Å². The number of nitrogens with two attached hydrogens (primary N) is 1. The van der Waals surface area contributed by atoms with E-state index in [-0.39, 0.29) is 37.1 Å². The molecule has 0 spiro atoms. The molecule has 0 saturated heterocycles. The second-order valence-corrected chi connectivity index (χ2v) is 2.65. The second-order valence-electron chi connectivity index (χ2n) is 1.07. The van der Waals surface area contributed by atoms with Crippen LogP contribution in [0, 0.1) is 0 Å². The van der Waals surface area contributed by atoms with Crippen molar-refractivity contribution in [1.82, 2.24) is 0 Å². The van der Waals surface area contributed by atoms with E-state index >= 15 is 0 Å². The Morgan fingerprint density at radius 3 is 1.45 bits per heavy atom. The highest BCUT2D eigenvalue weighted by Crippen LogP contribution is 1.74. The molecule has 0 atom stereocenters. The Balaban J connectivity index is -0.0000000300. The molecule has 0 aliphatic carbocycles. The van der Waals surface area contributed by atoms with Crippen LogP contribution in [0.2, 0.25) is 0 Å². The highest BCUT2D eigenvalue weighted by atomic mass is 32.2. The van der Waals surface area contributed by atoms with Gasteiger partial charge in [0.25, 0.3) is 10.1 Å². The first-order valence-corrected chi connectivity index (χ1v) is 3.32. The van der Waals surface area contributed by atoms with Gasteiger partial charge in [0.1, 0.15) is 0 Å². The summed E-state index contributed by atoms with van der Waals surface area (Å²) in [6.07, 6.45) is 0. The summed E-state index contributed by atoms with van der Waals surface area (Å²) in [4.78, 5) is 0. The van der Waals surface area contributed by atoms with Crippen LogP contribution >= 0.6 is 0 Å². The SMILES string of the molecule is B.NCCS(=O)(=O)O.O.O.O. The molecule has 9 heteroatoms. The van der Waals surface area contributed by atoms with Crippen molar-refractivity contribution in [2.24, 2.45) is 5.73 Å². The third-order valence-electron chi connectivity index (χ3n) is 0.376. The smallest absolute Gasteiger partial charge is 0.266 e. The van der Waals surface area contributed by atoms with Crippen LogP contribution in [0.3, 0.4) is 0 Å². The molecule has 74 valence electrons. The van der Waals surface area contributed by atoms with E-state index in [9.17, 15) is 8.42 Å². The van der Waals surface area contributed by atoms with Gasteiger partial charge in [0.2, 0.25) is 0 Å². The predicted octanol–water partition coefficient (Wildman–Crippen LogP) is -4.83. The standard InChI is InChI=1S/C2H7NO3S.BH3.3H2O/c3-1-2-7(4,5)6;;;;/h1-3H2,(H,4,5,6);1H3;3*1H2. The summed E-state index contributed by atoms with van der Waals surface area (Å²) in [5.74, 6) is -0.354. The van der Waals surface area contributed by atoms with E-state index in [2.05, 4.69) is 0 Å². The van der Waals surface area contributed by atoms with Crippen LogP contribution in [-0.2, 0) is 10.1 Å². The minimum Gasteiger partial charge on any atom is -0.412 e. The zero-order valence-electron chi connectivity index (χ0n) is 5.16. The summed E-state index contributed by atoms with van der Waals surface area (Å²) in [5, 5.41) is 0. The van der Waals surface area contributed by atoms with Gasteiger partial charge in [-0.2, -0.15) is 8.42 Å². The first-order valence-electron chi connectivity index (χ1n) is 1.71. The van der Waals surface area contributed by atoms with Crippen LogP contribution in [0.5, 0.6) is 0 Å². The van der Waals surface area contributed by atoms with E-state index in [1.165, 1.54) is 0 Å². The van der Waals surface area contributed by atoms with E-state index in [1.54, 1.807) is 0 Å². The maximum atomic E-state index is 9.71. The molecule has 11 heavy (non-hydrogen) atoms. The summed E-state index contributed by atoms with van der Waals surface area (Å²) >= 11 is 0. The van der Waals surface area contributed by atoms with Crippen LogP contribution in [0.1, 0.15) is 0 Å². The maximum absolute atomic E-state index is 9.71. The quantitative estimate of drug-likeness (QED) is 0.330. The molecular formula is C2H16BNO6S. The van der Waals surface area contributed by atoms with Gasteiger partial charge in [-0.3, -0.25) is 4.55 Å². The van der Waals surface area contributed by atoms with Gasteiger partial charge in [-0.1, -0.05) is 0 Å². The molecule has 0 aromatic carbocycles. The monoisotopic (exact) mass is 193 g/mol. The summed E-state index contributed by atoms with van der Waals surface area (Å²) in [7, 11) is -3.80. The van der Waals surface area contributed by atoms with Crippen LogP contribution in [0.15, 0.2) is 0 Å². The molecule has 0 fully saturated rings. The molecule has 0 radical (unpaired) electrons. The Morgan fingerprint density at radius 1 is 1.18 bits per heavy atom. The second kappa shape index (κ2) is 12.5. The van der Waals surface area contributed by atoms with Gasteiger partial charge in [0.05, 0.1) is 14.2 Å². The summed E-state index contributed by atoms with van der Waals surface area (Å²) in [6.45, 7) is -0.0289. The zero-order valence-corrected chi connectivity index (χ0v) is 5.98. The molecule has 7 nitrogen and oxygen atoms in total. The topological polar surface area (TPSA) is 175 Å². The highest BCUT2D eigenvalue weighted by Gasteiger charge is 1.98. The fraction of sp³-hybridized carbons (Fsp3) is 1.00. The Bertz CT molecular complexity index is 134. The van der Waals surface area contributed by atoms with Gasteiger partial charge < -0.3 is 22.2 Å². The van der Waals surface area contributed by atoms with Crippen LogP contribution in [0.25, 0.3) is 0 Å². The normalized spacial score (nSPS) is 7.45. The molecular weight excluding hydrogens is 177 g/mol. The van der Waals surface area contributed by atoms with Crippen molar-refractivity contribution in [1.29, 1.82) is 0 Å². The van der Waals surface area contributed by atoms with Crippen molar-refractivity contribution in [3.63, 3.8) is 0 Å². The Morgan fingerprint density at radius 2 is 1.45 bits per heavy atom. The van der Waals surface area contributed by atoms with Crippen LogP contribution in [-0.4, -0.2) is 50.1 Å². The van der Waals surface area contributed by atoms with Crippen molar-refractivity contribution in [2.45, 2.75) is 0 Å².